The molecule has 4 rings (SSSR count). The quantitative estimate of drug-likeness (QED) is 0.688. The third-order valence-corrected chi connectivity index (χ3v) is 7.40. The van der Waals surface area contributed by atoms with Gasteiger partial charge in [-0.3, -0.25) is 14.5 Å². The standard InChI is InChI=1S/C28H38N4O2/c1-5-24(21-12-7-6-8-13-21)30-27(34)22-15-23(17-29-16-22)32-18-26(33)31(19-28(32,3)4)25-14-10-9-11-20(25)2/h6-14,22-24,29H,5,15-19H2,1-4H3,(H,30,34)/t22-,23+,24+/m0/s1. The minimum Gasteiger partial charge on any atom is -0.349 e. The zero-order valence-corrected chi connectivity index (χ0v) is 20.9. The monoisotopic (exact) mass is 462 g/mol. The third kappa shape index (κ3) is 5.18. The Balaban J connectivity index is 1.44. The van der Waals surface area contributed by atoms with E-state index in [1.807, 2.05) is 41.3 Å². The molecular weight excluding hydrogens is 424 g/mol. The molecule has 0 spiro atoms. The first-order valence-corrected chi connectivity index (χ1v) is 12.5. The maximum atomic E-state index is 13.2. The molecule has 6 heteroatoms. The number of benzene rings is 2. The summed E-state index contributed by atoms with van der Waals surface area (Å²) in [7, 11) is 0. The second-order valence-corrected chi connectivity index (χ2v) is 10.3. The first kappa shape index (κ1) is 24.4. The summed E-state index contributed by atoms with van der Waals surface area (Å²) < 4.78 is 0. The van der Waals surface area contributed by atoms with Crippen molar-refractivity contribution in [1.29, 1.82) is 0 Å². The molecule has 0 saturated carbocycles. The number of hydrogen-bond donors (Lipinski definition) is 2. The fourth-order valence-corrected chi connectivity index (χ4v) is 5.47. The summed E-state index contributed by atoms with van der Waals surface area (Å²) in [6.45, 7) is 11.0. The Morgan fingerprint density at radius 3 is 2.53 bits per heavy atom. The molecule has 0 unspecified atom stereocenters. The van der Waals surface area contributed by atoms with E-state index in [9.17, 15) is 9.59 Å². The van der Waals surface area contributed by atoms with Gasteiger partial charge in [-0.1, -0.05) is 55.5 Å². The van der Waals surface area contributed by atoms with Crippen molar-refractivity contribution in [3.8, 4) is 0 Å². The molecule has 2 aliphatic heterocycles. The van der Waals surface area contributed by atoms with Crippen LogP contribution in [0.25, 0.3) is 0 Å². The van der Waals surface area contributed by atoms with E-state index in [4.69, 9.17) is 0 Å². The van der Waals surface area contributed by atoms with E-state index in [1.165, 1.54) is 0 Å². The number of hydrogen-bond acceptors (Lipinski definition) is 4. The smallest absolute Gasteiger partial charge is 0.241 e. The van der Waals surface area contributed by atoms with E-state index in [-0.39, 0.29) is 35.4 Å². The molecule has 6 nitrogen and oxygen atoms in total. The number of rotatable bonds is 6. The third-order valence-electron chi connectivity index (χ3n) is 7.40. The highest BCUT2D eigenvalue weighted by Gasteiger charge is 2.44. The molecule has 0 aliphatic carbocycles. The van der Waals surface area contributed by atoms with Gasteiger partial charge in [0.05, 0.1) is 18.5 Å². The van der Waals surface area contributed by atoms with Crippen LogP contribution in [-0.2, 0) is 9.59 Å². The maximum Gasteiger partial charge on any atom is 0.241 e. The molecule has 2 aliphatic rings. The molecule has 0 radical (unpaired) electrons. The summed E-state index contributed by atoms with van der Waals surface area (Å²) in [6, 6.07) is 18.4. The van der Waals surface area contributed by atoms with E-state index in [2.05, 4.69) is 61.4 Å². The lowest BCUT2D eigenvalue weighted by Crippen LogP contribution is -2.67. The number of nitrogens with zero attached hydrogens (tertiary/aromatic N) is 2. The Morgan fingerprint density at radius 2 is 1.82 bits per heavy atom. The predicted octanol–water partition coefficient (Wildman–Crippen LogP) is 3.67. The van der Waals surface area contributed by atoms with Gasteiger partial charge in [-0.25, -0.2) is 0 Å². The number of aryl methyl sites for hydroxylation is 1. The van der Waals surface area contributed by atoms with Crippen molar-refractivity contribution in [3.63, 3.8) is 0 Å². The first-order valence-electron chi connectivity index (χ1n) is 12.5. The van der Waals surface area contributed by atoms with E-state index in [1.54, 1.807) is 0 Å². The SMILES string of the molecule is CC[C@@H](NC(=O)[C@@H]1CNC[C@H](N2CC(=O)N(c3ccccc3C)CC2(C)C)C1)c1ccccc1. The summed E-state index contributed by atoms with van der Waals surface area (Å²) in [5.41, 5.74) is 3.04. The molecule has 2 N–H and O–H groups in total. The average Bonchev–Trinajstić information content (AvgIpc) is 2.84. The summed E-state index contributed by atoms with van der Waals surface area (Å²) in [5, 5.41) is 6.74. The number of piperazine rings is 1. The highest BCUT2D eigenvalue weighted by molar-refractivity contribution is 5.96. The van der Waals surface area contributed by atoms with Gasteiger partial charge in [-0.05, 0) is 50.8 Å². The van der Waals surface area contributed by atoms with Gasteiger partial charge in [-0.15, -0.1) is 0 Å². The number of anilines is 1. The molecule has 2 amide bonds. The summed E-state index contributed by atoms with van der Waals surface area (Å²) in [5.74, 6) is 0.0997. The predicted molar refractivity (Wildman–Crippen MR) is 137 cm³/mol. The van der Waals surface area contributed by atoms with Crippen molar-refractivity contribution < 1.29 is 9.59 Å². The molecular formula is C28H38N4O2. The molecule has 182 valence electrons. The lowest BCUT2D eigenvalue weighted by molar-refractivity contribution is -0.129. The van der Waals surface area contributed by atoms with Gasteiger partial charge in [-0.2, -0.15) is 0 Å². The van der Waals surface area contributed by atoms with Gasteiger partial charge >= 0.3 is 0 Å². The van der Waals surface area contributed by atoms with Crippen LogP contribution < -0.4 is 15.5 Å². The van der Waals surface area contributed by atoms with Gasteiger partial charge in [0.2, 0.25) is 11.8 Å². The maximum absolute atomic E-state index is 13.2. The fourth-order valence-electron chi connectivity index (χ4n) is 5.47. The van der Waals surface area contributed by atoms with E-state index >= 15 is 0 Å². The zero-order chi connectivity index (χ0) is 24.3. The van der Waals surface area contributed by atoms with Crippen LogP contribution in [0.5, 0.6) is 0 Å². The Labute approximate surface area is 203 Å². The second kappa shape index (κ2) is 10.3. The molecule has 3 atom stereocenters. The number of nitrogens with one attached hydrogen (secondary N) is 2. The number of amides is 2. The van der Waals surface area contributed by atoms with Crippen LogP contribution >= 0.6 is 0 Å². The Bertz CT molecular complexity index is 1010. The Morgan fingerprint density at radius 1 is 1.12 bits per heavy atom. The van der Waals surface area contributed by atoms with Crippen LogP contribution in [0.1, 0.15) is 50.8 Å². The van der Waals surface area contributed by atoms with Gasteiger partial charge in [0, 0.05) is 36.9 Å². The number of para-hydroxylation sites is 1. The number of carbonyl (C=O) groups excluding carboxylic acids is 2. The molecule has 2 aromatic rings. The van der Waals surface area contributed by atoms with E-state index in [0.717, 1.165) is 36.2 Å². The van der Waals surface area contributed by atoms with Crippen molar-refractivity contribution in [3.05, 3.63) is 65.7 Å². The molecule has 2 fully saturated rings. The van der Waals surface area contributed by atoms with Crippen LogP contribution in [0.15, 0.2) is 54.6 Å². The Hall–Kier alpha value is -2.70. The largest absolute Gasteiger partial charge is 0.349 e. The summed E-state index contributed by atoms with van der Waals surface area (Å²) >= 11 is 0. The second-order valence-electron chi connectivity index (χ2n) is 10.3. The lowest BCUT2D eigenvalue weighted by atomic mass is 9.88. The van der Waals surface area contributed by atoms with Crippen LogP contribution in [0, 0.1) is 12.8 Å². The van der Waals surface area contributed by atoms with Crippen molar-refractivity contribution in [2.75, 3.05) is 31.1 Å². The minimum atomic E-state index is -0.198. The van der Waals surface area contributed by atoms with Crippen molar-refractivity contribution in [1.82, 2.24) is 15.5 Å². The van der Waals surface area contributed by atoms with Crippen molar-refractivity contribution >= 4 is 17.5 Å². The Kier molecular flexibility index (Phi) is 7.39. The molecule has 2 heterocycles. The van der Waals surface area contributed by atoms with E-state index < -0.39 is 0 Å². The number of carbonyl (C=O) groups is 2. The highest BCUT2D eigenvalue weighted by atomic mass is 16.2. The molecule has 34 heavy (non-hydrogen) atoms. The summed E-state index contributed by atoms with van der Waals surface area (Å²) in [4.78, 5) is 30.7. The molecule has 2 saturated heterocycles. The van der Waals surface area contributed by atoms with Crippen LogP contribution in [0.2, 0.25) is 0 Å². The van der Waals surface area contributed by atoms with Crippen molar-refractivity contribution in [2.45, 2.75) is 58.2 Å². The number of piperidine rings is 1. The van der Waals surface area contributed by atoms with Gasteiger partial charge in [0.25, 0.3) is 0 Å². The molecule has 2 aromatic carbocycles. The lowest BCUT2D eigenvalue weighted by Gasteiger charge is -2.51. The normalized spacial score (nSPS) is 24.0. The van der Waals surface area contributed by atoms with Gasteiger partial charge in [0.15, 0.2) is 0 Å². The van der Waals surface area contributed by atoms with Gasteiger partial charge in [0.1, 0.15) is 0 Å². The van der Waals surface area contributed by atoms with Crippen LogP contribution in [0.3, 0.4) is 0 Å². The van der Waals surface area contributed by atoms with Gasteiger partial charge < -0.3 is 15.5 Å². The van der Waals surface area contributed by atoms with Crippen LogP contribution in [-0.4, -0.2) is 54.5 Å². The first-order chi connectivity index (χ1) is 16.3. The molecule has 0 bridgehead atoms. The van der Waals surface area contributed by atoms with Crippen LogP contribution in [0.4, 0.5) is 5.69 Å². The minimum absolute atomic E-state index is 0.0183. The van der Waals surface area contributed by atoms with Crippen molar-refractivity contribution in [2.24, 2.45) is 5.92 Å². The zero-order valence-electron chi connectivity index (χ0n) is 20.9. The fraction of sp³-hybridized carbons (Fsp3) is 0.500. The summed E-state index contributed by atoms with van der Waals surface area (Å²) in [6.07, 6.45) is 1.60. The average molecular weight is 463 g/mol. The van der Waals surface area contributed by atoms with E-state index in [0.29, 0.717) is 19.6 Å². The molecule has 0 aromatic heterocycles. The topological polar surface area (TPSA) is 64.7 Å². The highest BCUT2D eigenvalue weighted by Crippen LogP contribution is 2.32.